The maximum Gasteiger partial charge on any atom is 0.118 e. The lowest BCUT2D eigenvalue weighted by Crippen LogP contribution is -2.62. The smallest absolute Gasteiger partial charge is 0.118 e. The lowest BCUT2D eigenvalue weighted by Gasteiger charge is -2.48. The molecule has 2 heterocycles. The third-order valence-electron chi connectivity index (χ3n) is 5.59. The molecule has 0 N–H and O–H groups in total. The van der Waals surface area contributed by atoms with E-state index in [2.05, 4.69) is 34.1 Å². The number of methoxy groups -OCH3 is 1. The second-order valence-electron chi connectivity index (χ2n) is 7.27. The zero-order chi connectivity index (χ0) is 16.4. The molecule has 1 aliphatic carbocycles. The van der Waals surface area contributed by atoms with E-state index >= 15 is 0 Å². The van der Waals surface area contributed by atoms with E-state index < -0.39 is 0 Å². The molecule has 24 heavy (non-hydrogen) atoms. The van der Waals surface area contributed by atoms with Gasteiger partial charge in [-0.25, -0.2) is 0 Å². The van der Waals surface area contributed by atoms with E-state index in [0.717, 1.165) is 38.0 Å². The van der Waals surface area contributed by atoms with E-state index in [9.17, 15) is 0 Å². The van der Waals surface area contributed by atoms with Crippen LogP contribution in [0.15, 0.2) is 30.3 Å². The summed E-state index contributed by atoms with van der Waals surface area (Å²) in [6.07, 6.45) is 7.30. The molecule has 1 aromatic carbocycles. The van der Waals surface area contributed by atoms with Crippen LogP contribution in [0.5, 0.6) is 5.75 Å². The Kier molecular flexibility index (Phi) is 4.88. The Hall–Kier alpha value is -1.36. The van der Waals surface area contributed by atoms with Crippen LogP contribution in [-0.4, -0.2) is 68.4 Å². The number of morpholine rings is 1. The Bertz CT molecular complexity index is 568. The normalized spacial score (nSPS) is 28.9. The largest absolute Gasteiger partial charge is 0.497 e. The van der Waals surface area contributed by atoms with Gasteiger partial charge in [0.1, 0.15) is 5.75 Å². The first-order valence-corrected chi connectivity index (χ1v) is 9.20. The van der Waals surface area contributed by atoms with E-state index in [-0.39, 0.29) is 0 Å². The highest BCUT2D eigenvalue weighted by atomic mass is 16.5. The number of hydrogen-bond acceptors (Lipinski definition) is 4. The zero-order valence-corrected chi connectivity index (χ0v) is 14.6. The van der Waals surface area contributed by atoms with Crippen LogP contribution in [-0.2, 0) is 4.74 Å². The fourth-order valence-corrected chi connectivity index (χ4v) is 4.05. The van der Waals surface area contributed by atoms with Gasteiger partial charge < -0.3 is 9.47 Å². The highest BCUT2D eigenvalue weighted by Gasteiger charge is 2.42. The first-order chi connectivity index (χ1) is 11.8. The molecule has 1 aromatic rings. The average molecular weight is 328 g/mol. The summed E-state index contributed by atoms with van der Waals surface area (Å²) in [4.78, 5) is 5.30. The summed E-state index contributed by atoms with van der Waals surface area (Å²) in [5.41, 5.74) is 1.23. The molecule has 0 radical (unpaired) electrons. The number of rotatable bonds is 5. The molecule has 0 bridgehead atoms. The molecule has 0 unspecified atom stereocenters. The van der Waals surface area contributed by atoms with Crippen LogP contribution >= 0.6 is 0 Å². The Balaban J connectivity index is 1.29. The summed E-state index contributed by atoms with van der Waals surface area (Å²) in [5, 5.41) is 0. The highest BCUT2D eigenvalue weighted by Crippen LogP contribution is 2.38. The highest BCUT2D eigenvalue weighted by molar-refractivity contribution is 5.50. The summed E-state index contributed by atoms with van der Waals surface area (Å²) >= 11 is 0. The zero-order valence-electron chi connectivity index (χ0n) is 14.6. The minimum atomic E-state index is 0.590. The number of nitrogens with zero attached hydrogens (tertiary/aromatic N) is 2. The van der Waals surface area contributed by atoms with Gasteiger partial charge in [-0.2, -0.15) is 0 Å². The van der Waals surface area contributed by atoms with E-state index in [0.29, 0.717) is 12.1 Å². The fraction of sp³-hybridized carbons (Fsp3) is 0.600. The number of piperazine rings is 1. The summed E-state index contributed by atoms with van der Waals surface area (Å²) in [6.45, 7) is 6.39. The Morgan fingerprint density at radius 2 is 2.00 bits per heavy atom. The van der Waals surface area contributed by atoms with Crippen molar-refractivity contribution in [2.75, 3.05) is 46.5 Å². The number of ether oxygens (including phenoxy) is 2. The van der Waals surface area contributed by atoms with Crippen molar-refractivity contribution in [1.82, 2.24) is 9.80 Å². The molecule has 3 aliphatic rings. The van der Waals surface area contributed by atoms with Crippen LogP contribution in [0.25, 0.3) is 6.08 Å². The number of hydrogen-bond donors (Lipinski definition) is 0. The maximum atomic E-state index is 5.90. The van der Waals surface area contributed by atoms with Gasteiger partial charge in [-0.05, 0) is 36.5 Å². The third kappa shape index (κ3) is 3.66. The van der Waals surface area contributed by atoms with Crippen molar-refractivity contribution in [1.29, 1.82) is 0 Å². The van der Waals surface area contributed by atoms with Crippen molar-refractivity contribution in [3.8, 4) is 5.75 Å². The predicted octanol–water partition coefficient (Wildman–Crippen LogP) is 2.50. The molecule has 0 aromatic heterocycles. The quantitative estimate of drug-likeness (QED) is 0.829. The van der Waals surface area contributed by atoms with Gasteiger partial charge in [-0.3, -0.25) is 9.80 Å². The molecular weight excluding hydrogens is 300 g/mol. The van der Waals surface area contributed by atoms with Gasteiger partial charge in [0, 0.05) is 38.3 Å². The van der Waals surface area contributed by atoms with Gasteiger partial charge in [0.2, 0.25) is 0 Å². The fourth-order valence-electron chi connectivity index (χ4n) is 4.05. The first-order valence-electron chi connectivity index (χ1n) is 9.20. The van der Waals surface area contributed by atoms with E-state index in [1.54, 1.807) is 7.11 Å². The molecule has 4 heteroatoms. The molecule has 2 atom stereocenters. The van der Waals surface area contributed by atoms with Crippen LogP contribution in [0.4, 0.5) is 0 Å². The van der Waals surface area contributed by atoms with Gasteiger partial charge in [-0.1, -0.05) is 24.3 Å². The van der Waals surface area contributed by atoms with Gasteiger partial charge in [0.05, 0.1) is 20.3 Å². The van der Waals surface area contributed by atoms with Crippen LogP contribution in [0, 0.1) is 5.92 Å². The molecule has 2 saturated heterocycles. The van der Waals surface area contributed by atoms with Crippen molar-refractivity contribution in [3.63, 3.8) is 0 Å². The van der Waals surface area contributed by atoms with Gasteiger partial charge in [-0.15, -0.1) is 0 Å². The SMILES string of the molecule is COc1ccc(C=CCN2CCN3[C@@H](COC[C@@H]3C3CC3)C2)cc1. The van der Waals surface area contributed by atoms with Crippen molar-refractivity contribution >= 4 is 6.08 Å². The molecule has 3 fully saturated rings. The van der Waals surface area contributed by atoms with Crippen LogP contribution in [0.3, 0.4) is 0 Å². The molecule has 2 aliphatic heterocycles. The first kappa shape index (κ1) is 16.1. The van der Waals surface area contributed by atoms with Gasteiger partial charge >= 0.3 is 0 Å². The third-order valence-corrected chi connectivity index (χ3v) is 5.59. The van der Waals surface area contributed by atoms with E-state index in [1.807, 2.05) is 12.1 Å². The summed E-state index contributed by atoms with van der Waals surface area (Å²) in [5.74, 6) is 1.82. The number of fused-ring (bicyclic) bond motifs is 1. The lowest BCUT2D eigenvalue weighted by molar-refractivity contribution is -0.0851. The topological polar surface area (TPSA) is 24.9 Å². The molecule has 0 amide bonds. The van der Waals surface area contributed by atoms with Crippen molar-refractivity contribution in [3.05, 3.63) is 35.9 Å². The summed E-state index contributed by atoms with van der Waals surface area (Å²) < 4.78 is 11.1. The Labute approximate surface area is 145 Å². The van der Waals surface area contributed by atoms with Crippen molar-refractivity contribution < 1.29 is 9.47 Å². The Morgan fingerprint density at radius 3 is 2.75 bits per heavy atom. The second-order valence-corrected chi connectivity index (χ2v) is 7.27. The summed E-state index contributed by atoms with van der Waals surface area (Å²) in [7, 11) is 1.70. The Morgan fingerprint density at radius 1 is 1.17 bits per heavy atom. The predicted molar refractivity (Wildman–Crippen MR) is 96.3 cm³/mol. The minimum Gasteiger partial charge on any atom is -0.497 e. The molecule has 4 nitrogen and oxygen atoms in total. The summed E-state index contributed by atoms with van der Waals surface area (Å²) in [6, 6.07) is 9.50. The standard InChI is InChI=1S/C20H28N2O2/c1-23-19-8-4-16(5-9-19)3-2-10-21-11-12-22-18(13-21)14-24-15-20(22)17-6-7-17/h2-5,8-9,17-18,20H,6-7,10-15H2,1H3/t18-,20-/m1/s1. The van der Waals surface area contributed by atoms with Crippen LogP contribution in [0.2, 0.25) is 0 Å². The van der Waals surface area contributed by atoms with E-state index in [4.69, 9.17) is 9.47 Å². The lowest BCUT2D eigenvalue weighted by atomic mass is 10.0. The minimum absolute atomic E-state index is 0.590. The number of benzene rings is 1. The van der Waals surface area contributed by atoms with Gasteiger partial charge in [0.15, 0.2) is 0 Å². The molecule has 4 rings (SSSR count). The van der Waals surface area contributed by atoms with E-state index in [1.165, 1.54) is 31.5 Å². The maximum absolute atomic E-state index is 5.90. The van der Waals surface area contributed by atoms with Gasteiger partial charge in [0.25, 0.3) is 0 Å². The average Bonchev–Trinajstić information content (AvgIpc) is 3.47. The molecule has 1 saturated carbocycles. The molecular formula is C20H28N2O2. The van der Waals surface area contributed by atoms with Crippen molar-refractivity contribution in [2.45, 2.75) is 24.9 Å². The van der Waals surface area contributed by atoms with Crippen molar-refractivity contribution in [2.24, 2.45) is 5.92 Å². The second kappa shape index (κ2) is 7.26. The molecule has 0 spiro atoms. The van der Waals surface area contributed by atoms with Crippen LogP contribution in [0.1, 0.15) is 18.4 Å². The monoisotopic (exact) mass is 328 g/mol. The molecule has 130 valence electrons. The van der Waals surface area contributed by atoms with Crippen LogP contribution < -0.4 is 4.74 Å².